The van der Waals surface area contributed by atoms with E-state index in [-0.39, 0.29) is 43.2 Å². The lowest BCUT2D eigenvalue weighted by Gasteiger charge is -2.21. The van der Waals surface area contributed by atoms with Gasteiger partial charge in [0.25, 0.3) is 0 Å². The molecular weight excluding hydrogens is 361 g/mol. The number of nitrogens with two attached hydrogens (primary N) is 1. The molecule has 1 saturated heterocycles. The van der Waals surface area contributed by atoms with Crippen molar-refractivity contribution < 1.29 is 9.21 Å². The Kier molecular flexibility index (Phi) is 7.93. The first-order valence-electron chi connectivity index (χ1n) is 8.09. The molecule has 1 aliphatic heterocycles. The molecule has 5 nitrogen and oxygen atoms in total. The molecule has 138 valence electrons. The van der Waals surface area contributed by atoms with E-state index in [0.717, 1.165) is 24.2 Å². The van der Waals surface area contributed by atoms with Crippen molar-refractivity contribution in [3.05, 3.63) is 41.8 Å². The minimum Gasteiger partial charge on any atom is -0.441 e. The topological polar surface area (TPSA) is 72.4 Å². The van der Waals surface area contributed by atoms with Gasteiger partial charge in [0.2, 0.25) is 11.8 Å². The largest absolute Gasteiger partial charge is 0.441 e. The van der Waals surface area contributed by atoms with Crippen molar-refractivity contribution in [3.8, 4) is 11.5 Å². The van der Waals surface area contributed by atoms with Gasteiger partial charge >= 0.3 is 0 Å². The Hall–Kier alpha value is -1.56. The molecule has 1 fully saturated rings. The first-order valence-corrected chi connectivity index (χ1v) is 8.09. The molecule has 0 saturated carbocycles. The van der Waals surface area contributed by atoms with Crippen molar-refractivity contribution in [2.45, 2.75) is 32.7 Å². The second-order valence-corrected chi connectivity index (χ2v) is 6.30. The van der Waals surface area contributed by atoms with E-state index in [1.165, 1.54) is 0 Å². The molecule has 2 N–H and O–H groups in total. The van der Waals surface area contributed by atoms with Crippen LogP contribution in [0.1, 0.15) is 24.8 Å². The molecule has 1 amide bonds. The third kappa shape index (κ3) is 4.75. The van der Waals surface area contributed by atoms with Crippen LogP contribution in [0, 0.1) is 12.8 Å². The Morgan fingerprint density at radius 1 is 1.32 bits per heavy atom. The summed E-state index contributed by atoms with van der Waals surface area (Å²) in [6, 6.07) is 9.98. The summed E-state index contributed by atoms with van der Waals surface area (Å²) in [7, 11) is 0. The Morgan fingerprint density at radius 2 is 2.00 bits per heavy atom. The van der Waals surface area contributed by atoms with Gasteiger partial charge in [0.15, 0.2) is 0 Å². The number of halogens is 2. The standard InChI is InChI=1S/C18H23N3O2.2ClH/c1-12-8-14(10-19)11-21(12)17(22)9-16-13(2)23-18(20-16)15-6-4-3-5-7-15;;/h3-7,12,14H,8-11,19H2,1-2H3;2*1H. The molecule has 0 bridgehead atoms. The average Bonchev–Trinajstić information content (AvgIpc) is 3.11. The van der Waals surface area contributed by atoms with Crippen LogP contribution in [-0.4, -0.2) is 34.9 Å². The molecule has 2 atom stereocenters. The molecular formula is C18H25Cl2N3O2. The molecule has 2 unspecified atom stereocenters. The number of amides is 1. The highest BCUT2D eigenvalue weighted by molar-refractivity contribution is 5.85. The van der Waals surface area contributed by atoms with Crippen LogP contribution in [0.25, 0.3) is 11.5 Å². The zero-order valence-corrected chi connectivity index (χ0v) is 16.1. The number of hydrogen-bond acceptors (Lipinski definition) is 4. The van der Waals surface area contributed by atoms with Gasteiger partial charge in [-0.15, -0.1) is 24.8 Å². The number of carbonyl (C=O) groups excluding carboxylic acids is 1. The lowest BCUT2D eigenvalue weighted by Crippen LogP contribution is -2.35. The van der Waals surface area contributed by atoms with Gasteiger partial charge in [-0.1, -0.05) is 18.2 Å². The number of carbonyl (C=O) groups is 1. The van der Waals surface area contributed by atoms with Crippen molar-refractivity contribution in [3.63, 3.8) is 0 Å². The number of nitrogens with zero attached hydrogens (tertiary/aromatic N) is 2. The smallest absolute Gasteiger partial charge is 0.228 e. The monoisotopic (exact) mass is 385 g/mol. The molecule has 1 aliphatic rings. The number of rotatable bonds is 4. The first kappa shape index (κ1) is 21.5. The summed E-state index contributed by atoms with van der Waals surface area (Å²) in [5, 5.41) is 0. The van der Waals surface area contributed by atoms with Crippen LogP contribution in [-0.2, 0) is 11.2 Å². The van der Waals surface area contributed by atoms with Crippen LogP contribution in [0.3, 0.4) is 0 Å². The number of aromatic nitrogens is 1. The fraction of sp³-hybridized carbons (Fsp3) is 0.444. The average molecular weight is 386 g/mol. The Bertz CT molecular complexity index is 691. The predicted molar refractivity (Wildman–Crippen MR) is 103 cm³/mol. The third-order valence-electron chi connectivity index (χ3n) is 4.55. The van der Waals surface area contributed by atoms with E-state index in [2.05, 4.69) is 11.9 Å². The Labute approximate surface area is 160 Å². The molecule has 0 aliphatic carbocycles. The number of benzene rings is 1. The van der Waals surface area contributed by atoms with Crippen LogP contribution in [0.2, 0.25) is 0 Å². The van der Waals surface area contributed by atoms with Crippen LogP contribution in [0.5, 0.6) is 0 Å². The summed E-state index contributed by atoms with van der Waals surface area (Å²) < 4.78 is 5.73. The van der Waals surface area contributed by atoms with E-state index in [4.69, 9.17) is 10.2 Å². The molecule has 0 spiro atoms. The maximum atomic E-state index is 12.6. The maximum Gasteiger partial charge on any atom is 0.228 e. The van der Waals surface area contributed by atoms with Crippen molar-refractivity contribution in [2.75, 3.05) is 13.1 Å². The molecule has 0 radical (unpaired) electrons. The summed E-state index contributed by atoms with van der Waals surface area (Å²) in [5.74, 6) is 1.79. The minimum atomic E-state index is 0. The molecule has 1 aromatic heterocycles. The van der Waals surface area contributed by atoms with E-state index < -0.39 is 0 Å². The lowest BCUT2D eigenvalue weighted by atomic mass is 10.1. The van der Waals surface area contributed by atoms with Crippen LogP contribution >= 0.6 is 24.8 Å². The fourth-order valence-corrected chi connectivity index (χ4v) is 3.20. The molecule has 7 heteroatoms. The van der Waals surface area contributed by atoms with E-state index in [9.17, 15) is 4.79 Å². The van der Waals surface area contributed by atoms with E-state index in [0.29, 0.717) is 24.1 Å². The van der Waals surface area contributed by atoms with E-state index >= 15 is 0 Å². The van der Waals surface area contributed by atoms with Gasteiger partial charge in [0.1, 0.15) is 5.76 Å². The third-order valence-corrected chi connectivity index (χ3v) is 4.55. The lowest BCUT2D eigenvalue weighted by molar-refractivity contribution is -0.131. The van der Waals surface area contributed by atoms with Gasteiger partial charge < -0.3 is 15.1 Å². The van der Waals surface area contributed by atoms with Crippen molar-refractivity contribution in [1.29, 1.82) is 0 Å². The highest BCUT2D eigenvalue weighted by Crippen LogP contribution is 2.25. The van der Waals surface area contributed by atoms with E-state index in [1.54, 1.807) is 0 Å². The zero-order valence-electron chi connectivity index (χ0n) is 14.5. The molecule has 2 aromatic rings. The number of likely N-dealkylation sites (tertiary alicyclic amines) is 1. The predicted octanol–water partition coefficient (Wildman–Crippen LogP) is 3.23. The second kappa shape index (κ2) is 9.22. The summed E-state index contributed by atoms with van der Waals surface area (Å²) >= 11 is 0. The first-order chi connectivity index (χ1) is 11.1. The van der Waals surface area contributed by atoms with E-state index in [1.807, 2.05) is 42.2 Å². The molecule has 25 heavy (non-hydrogen) atoms. The molecule has 2 heterocycles. The minimum absolute atomic E-state index is 0. The number of aryl methyl sites for hydroxylation is 1. The van der Waals surface area contributed by atoms with Crippen molar-refractivity contribution >= 4 is 30.7 Å². The van der Waals surface area contributed by atoms with Gasteiger partial charge in [0, 0.05) is 18.2 Å². The summed E-state index contributed by atoms with van der Waals surface area (Å²) in [4.78, 5) is 19.0. The van der Waals surface area contributed by atoms with Gasteiger partial charge in [-0.3, -0.25) is 4.79 Å². The van der Waals surface area contributed by atoms with Crippen molar-refractivity contribution in [2.24, 2.45) is 11.7 Å². The normalized spacial score (nSPS) is 19.2. The number of oxazole rings is 1. The van der Waals surface area contributed by atoms with Gasteiger partial charge in [0.05, 0.1) is 12.1 Å². The number of hydrogen-bond donors (Lipinski definition) is 1. The van der Waals surface area contributed by atoms with Crippen LogP contribution in [0.4, 0.5) is 0 Å². The highest BCUT2D eigenvalue weighted by Gasteiger charge is 2.32. The van der Waals surface area contributed by atoms with Gasteiger partial charge in [-0.2, -0.15) is 0 Å². The Morgan fingerprint density at radius 3 is 2.60 bits per heavy atom. The maximum absolute atomic E-state index is 12.6. The SMILES string of the molecule is Cc1oc(-c2ccccc2)nc1CC(=O)N1CC(CN)CC1C.Cl.Cl. The summed E-state index contributed by atoms with van der Waals surface area (Å²) in [5.41, 5.74) is 7.38. The Balaban J connectivity index is 0.00000156. The highest BCUT2D eigenvalue weighted by atomic mass is 35.5. The second-order valence-electron chi connectivity index (χ2n) is 6.30. The van der Waals surface area contributed by atoms with Crippen LogP contribution < -0.4 is 5.73 Å². The van der Waals surface area contributed by atoms with Gasteiger partial charge in [-0.05, 0) is 44.9 Å². The van der Waals surface area contributed by atoms with Crippen molar-refractivity contribution in [1.82, 2.24) is 9.88 Å². The summed E-state index contributed by atoms with van der Waals surface area (Å²) in [6.45, 7) is 5.32. The fourth-order valence-electron chi connectivity index (χ4n) is 3.20. The van der Waals surface area contributed by atoms with Crippen LogP contribution in [0.15, 0.2) is 34.7 Å². The molecule has 3 rings (SSSR count). The van der Waals surface area contributed by atoms with Gasteiger partial charge in [-0.25, -0.2) is 4.98 Å². The quantitative estimate of drug-likeness (QED) is 0.876. The zero-order chi connectivity index (χ0) is 16.4. The summed E-state index contributed by atoms with van der Waals surface area (Å²) in [6.07, 6.45) is 1.26. The molecule has 1 aromatic carbocycles.